The lowest BCUT2D eigenvalue weighted by atomic mass is 10.1. The standard InChI is InChI=1S/C12H23N5O/c1-6-8(3)17(7-2)12-10(11(13)15-18)9(4)14-16(12)5/h8,18H,6-7H2,1-5H3,(H2,13,15). The molecule has 1 rings (SSSR count). The van der Waals surface area contributed by atoms with Crippen LogP contribution in [0, 0.1) is 6.92 Å². The highest BCUT2D eigenvalue weighted by atomic mass is 16.4. The van der Waals surface area contributed by atoms with E-state index in [1.807, 2.05) is 14.0 Å². The highest BCUT2D eigenvalue weighted by molar-refractivity contribution is 6.02. The molecule has 0 aliphatic carbocycles. The monoisotopic (exact) mass is 253 g/mol. The summed E-state index contributed by atoms with van der Waals surface area (Å²) in [5.74, 6) is 1.01. The predicted octanol–water partition coefficient (Wildman–Crippen LogP) is 1.45. The van der Waals surface area contributed by atoms with E-state index in [0.29, 0.717) is 11.6 Å². The zero-order chi connectivity index (χ0) is 13.9. The molecule has 1 atom stereocenters. The molecule has 0 saturated carbocycles. The molecule has 6 nitrogen and oxygen atoms in total. The first-order chi connectivity index (χ1) is 8.47. The number of oxime groups is 1. The molecule has 1 aromatic rings. The summed E-state index contributed by atoms with van der Waals surface area (Å²) < 4.78 is 1.79. The molecule has 0 amide bonds. The van der Waals surface area contributed by atoms with Gasteiger partial charge in [0.05, 0.1) is 11.3 Å². The van der Waals surface area contributed by atoms with Crippen molar-refractivity contribution in [2.75, 3.05) is 11.4 Å². The molecule has 18 heavy (non-hydrogen) atoms. The van der Waals surface area contributed by atoms with E-state index in [9.17, 15) is 0 Å². The zero-order valence-corrected chi connectivity index (χ0v) is 11.8. The molecule has 0 aromatic carbocycles. The third kappa shape index (κ3) is 2.42. The molecule has 102 valence electrons. The van der Waals surface area contributed by atoms with E-state index in [1.54, 1.807) is 4.68 Å². The van der Waals surface area contributed by atoms with Crippen molar-refractivity contribution in [1.29, 1.82) is 0 Å². The van der Waals surface area contributed by atoms with Crippen molar-refractivity contribution in [3.05, 3.63) is 11.3 Å². The van der Waals surface area contributed by atoms with Crippen LogP contribution in [0.25, 0.3) is 0 Å². The van der Waals surface area contributed by atoms with Gasteiger partial charge in [-0.05, 0) is 27.2 Å². The smallest absolute Gasteiger partial charge is 0.175 e. The molecule has 0 spiro atoms. The predicted molar refractivity (Wildman–Crippen MR) is 73.2 cm³/mol. The van der Waals surface area contributed by atoms with E-state index in [4.69, 9.17) is 10.9 Å². The zero-order valence-electron chi connectivity index (χ0n) is 11.8. The Kier molecular flexibility index (Phi) is 4.58. The summed E-state index contributed by atoms with van der Waals surface area (Å²) in [5, 5.41) is 16.4. The third-order valence-electron chi connectivity index (χ3n) is 3.29. The van der Waals surface area contributed by atoms with Crippen molar-refractivity contribution in [1.82, 2.24) is 9.78 Å². The Hall–Kier alpha value is -1.72. The summed E-state index contributed by atoms with van der Waals surface area (Å²) in [4.78, 5) is 2.22. The van der Waals surface area contributed by atoms with Gasteiger partial charge in [0.25, 0.3) is 0 Å². The minimum atomic E-state index is 0.109. The summed E-state index contributed by atoms with van der Waals surface area (Å²) in [6.07, 6.45) is 1.02. The van der Waals surface area contributed by atoms with Crippen LogP contribution in [0.4, 0.5) is 5.82 Å². The van der Waals surface area contributed by atoms with Crippen molar-refractivity contribution in [3.8, 4) is 0 Å². The molecule has 6 heteroatoms. The molecule has 0 fully saturated rings. The van der Waals surface area contributed by atoms with E-state index in [0.717, 1.165) is 24.5 Å². The molecule has 3 N–H and O–H groups in total. The Morgan fingerprint density at radius 2 is 2.17 bits per heavy atom. The maximum Gasteiger partial charge on any atom is 0.175 e. The van der Waals surface area contributed by atoms with Gasteiger partial charge >= 0.3 is 0 Å². The quantitative estimate of drug-likeness (QED) is 0.360. The molecule has 0 aliphatic rings. The maximum atomic E-state index is 8.90. The third-order valence-corrected chi connectivity index (χ3v) is 3.29. The second-order valence-corrected chi connectivity index (χ2v) is 4.44. The van der Waals surface area contributed by atoms with Crippen molar-refractivity contribution in [2.45, 2.75) is 40.2 Å². The van der Waals surface area contributed by atoms with Gasteiger partial charge in [0.15, 0.2) is 5.84 Å². The second-order valence-electron chi connectivity index (χ2n) is 4.44. The average molecular weight is 253 g/mol. The number of anilines is 1. The summed E-state index contributed by atoms with van der Waals surface area (Å²) in [5.41, 5.74) is 7.24. The van der Waals surface area contributed by atoms with Crippen molar-refractivity contribution >= 4 is 11.7 Å². The molecule has 0 saturated heterocycles. The Morgan fingerprint density at radius 3 is 2.61 bits per heavy atom. The molecule has 1 aromatic heterocycles. The first-order valence-electron chi connectivity index (χ1n) is 6.25. The first-order valence-corrected chi connectivity index (χ1v) is 6.25. The molecule has 0 radical (unpaired) electrons. The minimum Gasteiger partial charge on any atom is -0.409 e. The van der Waals surface area contributed by atoms with E-state index < -0.39 is 0 Å². The van der Waals surface area contributed by atoms with Gasteiger partial charge in [0.1, 0.15) is 5.82 Å². The lowest BCUT2D eigenvalue weighted by Crippen LogP contribution is -2.35. The number of hydrogen-bond donors (Lipinski definition) is 2. The number of nitrogens with two attached hydrogens (primary N) is 1. The fourth-order valence-electron chi connectivity index (χ4n) is 2.22. The average Bonchev–Trinajstić information content (AvgIpc) is 2.64. The van der Waals surface area contributed by atoms with Gasteiger partial charge in [0.2, 0.25) is 0 Å². The van der Waals surface area contributed by atoms with Crippen LogP contribution in [0.15, 0.2) is 5.16 Å². The topological polar surface area (TPSA) is 79.7 Å². The van der Waals surface area contributed by atoms with Gasteiger partial charge in [-0.25, -0.2) is 0 Å². The summed E-state index contributed by atoms with van der Waals surface area (Å²) >= 11 is 0. The first kappa shape index (κ1) is 14.3. The molecule has 1 unspecified atom stereocenters. The fourth-order valence-corrected chi connectivity index (χ4v) is 2.22. The van der Waals surface area contributed by atoms with Crippen LogP contribution in [-0.2, 0) is 7.05 Å². The second kappa shape index (κ2) is 5.75. The van der Waals surface area contributed by atoms with Gasteiger partial charge in [-0.2, -0.15) is 5.10 Å². The number of rotatable bonds is 5. The number of aromatic nitrogens is 2. The fraction of sp³-hybridized carbons (Fsp3) is 0.667. The van der Waals surface area contributed by atoms with Gasteiger partial charge < -0.3 is 15.8 Å². The summed E-state index contributed by atoms with van der Waals surface area (Å²) in [6, 6.07) is 0.370. The van der Waals surface area contributed by atoms with Gasteiger partial charge in [-0.1, -0.05) is 12.1 Å². The summed E-state index contributed by atoms with van der Waals surface area (Å²) in [7, 11) is 1.88. The van der Waals surface area contributed by atoms with E-state index in [1.165, 1.54) is 0 Å². The van der Waals surface area contributed by atoms with Gasteiger partial charge in [-0.3, -0.25) is 4.68 Å². The lowest BCUT2D eigenvalue weighted by Gasteiger charge is -2.30. The van der Waals surface area contributed by atoms with Gasteiger partial charge in [0, 0.05) is 19.6 Å². The Bertz CT molecular complexity index is 438. The molecular weight excluding hydrogens is 230 g/mol. The number of amidine groups is 1. The van der Waals surface area contributed by atoms with Gasteiger partial charge in [-0.15, -0.1) is 0 Å². The van der Waals surface area contributed by atoms with Crippen LogP contribution in [0.2, 0.25) is 0 Å². The normalized spacial score (nSPS) is 13.7. The van der Waals surface area contributed by atoms with Crippen molar-refractivity contribution in [3.63, 3.8) is 0 Å². The molecular formula is C12H23N5O. The molecule has 0 aliphatic heterocycles. The number of aryl methyl sites for hydroxylation is 2. The van der Waals surface area contributed by atoms with Crippen molar-refractivity contribution in [2.24, 2.45) is 17.9 Å². The lowest BCUT2D eigenvalue weighted by molar-refractivity contribution is 0.318. The van der Waals surface area contributed by atoms with Crippen LogP contribution in [-0.4, -0.2) is 33.4 Å². The molecule has 0 bridgehead atoms. The van der Waals surface area contributed by atoms with E-state index >= 15 is 0 Å². The SMILES string of the molecule is CCC(C)N(CC)c1c(/C(N)=N/O)c(C)nn1C. The Balaban J connectivity index is 3.38. The van der Waals surface area contributed by atoms with E-state index in [-0.39, 0.29) is 5.84 Å². The van der Waals surface area contributed by atoms with Crippen LogP contribution in [0.5, 0.6) is 0 Å². The number of nitrogens with zero attached hydrogens (tertiary/aromatic N) is 4. The summed E-state index contributed by atoms with van der Waals surface area (Å²) in [6.45, 7) is 9.09. The van der Waals surface area contributed by atoms with Crippen molar-refractivity contribution < 1.29 is 5.21 Å². The molecule has 1 heterocycles. The Morgan fingerprint density at radius 1 is 1.56 bits per heavy atom. The maximum absolute atomic E-state index is 8.90. The largest absolute Gasteiger partial charge is 0.409 e. The number of hydrogen-bond acceptors (Lipinski definition) is 4. The Labute approximate surface area is 108 Å². The highest BCUT2D eigenvalue weighted by Gasteiger charge is 2.23. The minimum absolute atomic E-state index is 0.109. The van der Waals surface area contributed by atoms with Crippen LogP contribution in [0.3, 0.4) is 0 Å². The van der Waals surface area contributed by atoms with E-state index in [2.05, 4.69) is 35.9 Å². The van der Waals surface area contributed by atoms with Crippen LogP contribution < -0.4 is 10.6 Å². The van der Waals surface area contributed by atoms with Crippen LogP contribution >= 0.6 is 0 Å². The van der Waals surface area contributed by atoms with Crippen LogP contribution in [0.1, 0.15) is 38.4 Å². The highest BCUT2D eigenvalue weighted by Crippen LogP contribution is 2.25.